The largest absolute Gasteiger partial charge is 0.416 e. The first-order valence-electron chi connectivity index (χ1n) is 10.3. The van der Waals surface area contributed by atoms with Crippen LogP contribution in [0.2, 0.25) is 0 Å². The summed E-state index contributed by atoms with van der Waals surface area (Å²) in [6, 6.07) is 14.6. The molecule has 5 rings (SSSR count). The summed E-state index contributed by atoms with van der Waals surface area (Å²) in [5, 5.41) is 5.82. The van der Waals surface area contributed by atoms with E-state index in [1.807, 2.05) is 6.07 Å². The second-order valence-corrected chi connectivity index (χ2v) is 7.46. The molecule has 0 aliphatic heterocycles. The lowest BCUT2D eigenvalue weighted by atomic mass is 10.1. The fraction of sp³-hybridized carbons (Fsp3) is 0.0417. The molecule has 8 nitrogen and oxygen atoms in total. The van der Waals surface area contributed by atoms with Gasteiger partial charge in [0.25, 0.3) is 5.91 Å². The van der Waals surface area contributed by atoms with Crippen LogP contribution in [0.1, 0.15) is 15.9 Å². The molecular formula is C24H16F3N7O. The van der Waals surface area contributed by atoms with Crippen LogP contribution in [0.3, 0.4) is 0 Å². The minimum Gasteiger partial charge on any atom is -0.340 e. The van der Waals surface area contributed by atoms with E-state index in [1.165, 1.54) is 18.5 Å². The molecule has 0 atom stereocenters. The molecule has 5 aromatic rings. The van der Waals surface area contributed by atoms with Gasteiger partial charge in [0.15, 0.2) is 5.65 Å². The predicted molar refractivity (Wildman–Crippen MR) is 124 cm³/mol. The lowest BCUT2D eigenvalue weighted by Crippen LogP contribution is -2.13. The summed E-state index contributed by atoms with van der Waals surface area (Å²) >= 11 is 0. The minimum atomic E-state index is -4.53. The Morgan fingerprint density at radius 2 is 1.69 bits per heavy atom. The second kappa shape index (κ2) is 8.86. The topological polar surface area (TPSA) is 108 Å². The van der Waals surface area contributed by atoms with E-state index in [0.717, 1.165) is 12.1 Å². The molecule has 0 saturated heterocycles. The summed E-state index contributed by atoms with van der Waals surface area (Å²) < 4.78 is 38.8. The number of benzene rings is 2. The van der Waals surface area contributed by atoms with E-state index in [1.54, 1.807) is 42.9 Å². The molecule has 0 unspecified atom stereocenters. The van der Waals surface area contributed by atoms with E-state index in [0.29, 0.717) is 39.6 Å². The van der Waals surface area contributed by atoms with Crippen LogP contribution in [0.4, 0.5) is 30.4 Å². The molecule has 0 bridgehead atoms. The lowest BCUT2D eigenvalue weighted by Gasteiger charge is -2.12. The van der Waals surface area contributed by atoms with Crippen molar-refractivity contribution in [3.8, 4) is 11.3 Å². The zero-order chi connectivity index (χ0) is 24.4. The highest BCUT2D eigenvalue weighted by Gasteiger charge is 2.30. The summed E-state index contributed by atoms with van der Waals surface area (Å²) in [6.45, 7) is 0. The molecule has 1 amide bonds. The van der Waals surface area contributed by atoms with E-state index in [2.05, 4.69) is 35.6 Å². The third-order valence-corrected chi connectivity index (χ3v) is 5.14. The van der Waals surface area contributed by atoms with Gasteiger partial charge in [0, 0.05) is 28.7 Å². The van der Waals surface area contributed by atoms with Crippen molar-refractivity contribution in [3.63, 3.8) is 0 Å². The zero-order valence-corrected chi connectivity index (χ0v) is 17.8. The molecule has 3 aromatic heterocycles. The average Bonchev–Trinajstić information content (AvgIpc) is 3.34. The lowest BCUT2D eigenvalue weighted by molar-refractivity contribution is -0.137. The Hall–Kier alpha value is -4.80. The first kappa shape index (κ1) is 22.0. The molecule has 0 aliphatic rings. The number of halogens is 3. The summed E-state index contributed by atoms with van der Waals surface area (Å²) in [5.74, 6) is -0.105. The summed E-state index contributed by atoms with van der Waals surface area (Å²) in [7, 11) is 0. The standard InChI is InChI=1S/C24H16F3N7O/c25-24(26,27)15-4-1-3-14(11-15)23(35)34-17-8-6-16(7-9-17)33-21-18(5-2-10-28-21)19-20-22(31-12-29-19)32-13-30-20/h1-13H,(H,28,33)(H,34,35)(H,29,30,31,32). The number of amides is 1. The smallest absolute Gasteiger partial charge is 0.340 e. The van der Waals surface area contributed by atoms with Gasteiger partial charge in [0.1, 0.15) is 23.4 Å². The van der Waals surface area contributed by atoms with Gasteiger partial charge >= 0.3 is 6.18 Å². The van der Waals surface area contributed by atoms with Crippen molar-refractivity contribution in [1.82, 2.24) is 24.9 Å². The fourth-order valence-corrected chi connectivity index (χ4v) is 3.47. The Kier molecular flexibility index (Phi) is 5.57. The number of imidazole rings is 1. The molecule has 0 aliphatic carbocycles. The Bertz CT molecular complexity index is 1510. The Morgan fingerprint density at radius 1 is 0.886 bits per heavy atom. The van der Waals surface area contributed by atoms with E-state index >= 15 is 0 Å². The predicted octanol–water partition coefficient (Wildman–Crippen LogP) is 5.43. The number of aromatic nitrogens is 5. The zero-order valence-electron chi connectivity index (χ0n) is 17.8. The average molecular weight is 475 g/mol. The highest BCUT2D eigenvalue weighted by Crippen LogP contribution is 2.31. The molecule has 11 heteroatoms. The number of hydrogen-bond acceptors (Lipinski definition) is 6. The Morgan fingerprint density at radius 3 is 2.49 bits per heavy atom. The number of nitrogens with zero attached hydrogens (tertiary/aromatic N) is 4. The van der Waals surface area contributed by atoms with Gasteiger partial charge in [-0.1, -0.05) is 6.07 Å². The Labute approximate surface area is 196 Å². The normalized spacial score (nSPS) is 11.4. The van der Waals surface area contributed by atoms with Crippen LogP contribution in [0, 0.1) is 0 Å². The number of aromatic amines is 1. The first-order valence-corrected chi connectivity index (χ1v) is 10.3. The van der Waals surface area contributed by atoms with Gasteiger partial charge in [0.2, 0.25) is 0 Å². The minimum absolute atomic E-state index is 0.0883. The van der Waals surface area contributed by atoms with Crippen LogP contribution >= 0.6 is 0 Å². The third-order valence-electron chi connectivity index (χ3n) is 5.14. The van der Waals surface area contributed by atoms with Gasteiger partial charge in [-0.3, -0.25) is 4.79 Å². The van der Waals surface area contributed by atoms with Crippen LogP contribution in [0.25, 0.3) is 22.4 Å². The molecule has 0 saturated carbocycles. The van der Waals surface area contributed by atoms with E-state index in [4.69, 9.17) is 0 Å². The monoisotopic (exact) mass is 475 g/mol. The van der Waals surface area contributed by atoms with E-state index < -0.39 is 17.6 Å². The maximum atomic E-state index is 12.9. The number of alkyl halides is 3. The van der Waals surface area contributed by atoms with Crippen LogP contribution in [-0.4, -0.2) is 30.8 Å². The maximum Gasteiger partial charge on any atom is 0.416 e. The van der Waals surface area contributed by atoms with E-state index in [-0.39, 0.29) is 5.56 Å². The second-order valence-electron chi connectivity index (χ2n) is 7.46. The molecule has 3 heterocycles. The van der Waals surface area contributed by atoms with Crippen LogP contribution in [0.5, 0.6) is 0 Å². The van der Waals surface area contributed by atoms with Crippen molar-refractivity contribution >= 4 is 34.3 Å². The van der Waals surface area contributed by atoms with Gasteiger partial charge in [-0.15, -0.1) is 0 Å². The summed E-state index contributed by atoms with van der Waals surface area (Å²) in [4.78, 5) is 32.6. The molecule has 35 heavy (non-hydrogen) atoms. The highest BCUT2D eigenvalue weighted by atomic mass is 19.4. The van der Waals surface area contributed by atoms with Gasteiger partial charge in [0.05, 0.1) is 11.9 Å². The van der Waals surface area contributed by atoms with Crippen LogP contribution in [-0.2, 0) is 6.18 Å². The van der Waals surface area contributed by atoms with Gasteiger partial charge in [-0.25, -0.2) is 19.9 Å². The molecule has 0 radical (unpaired) electrons. The number of pyridine rings is 1. The first-order chi connectivity index (χ1) is 16.9. The van der Waals surface area contributed by atoms with Crippen molar-refractivity contribution in [2.75, 3.05) is 10.6 Å². The number of anilines is 3. The fourth-order valence-electron chi connectivity index (χ4n) is 3.47. The van der Waals surface area contributed by atoms with Crippen molar-refractivity contribution in [2.24, 2.45) is 0 Å². The summed E-state index contributed by atoms with van der Waals surface area (Å²) in [6.07, 6.45) is 0.0916. The third kappa shape index (κ3) is 4.64. The number of carbonyl (C=O) groups excluding carboxylic acids is 1. The van der Waals surface area contributed by atoms with Crippen LogP contribution in [0.15, 0.2) is 79.5 Å². The molecule has 174 valence electrons. The van der Waals surface area contributed by atoms with E-state index in [9.17, 15) is 18.0 Å². The number of hydrogen-bond donors (Lipinski definition) is 3. The number of nitrogens with one attached hydrogen (secondary N) is 3. The number of H-pyrrole nitrogens is 1. The van der Waals surface area contributed by atoms with Gasteiger partial charge in [-0.2, -0.15) is 13.2 Å². The van der Waals surface area contributed by atoms with Crippen molar-refractivity contribution < 1.29 is 18.0 Å². The molecular weight excluding hydrogens is 459 g/mol. The molecule has 0 spiro atoms. The van der Waals surface area contributed by atoms with Crippen LogP contribution < -0.4 is 10.6 Å². The number of rotatable bonds is 5. The molecule has 0 fully saturated rings. The molecule has 2 aromatic carbocycles. The molecule has 3 N–H and O–H groups in total. The van der Waals surface area contributed by atoms with Gasteiger partial charge in [-0.05, 0) is 54.6 Å². The maximum absolute atomic E-state index is 12.9. The summed E-state index contributed by atoms with van der Waals surface area (Å²) in [5.41, 5.74) is 2.66. The SMILES string of the molecule is O=C(Nc1ccc(Nc2ncccc2-c2ncnc3[nH]cnc23)cc1)c1cccc(C(F)(F)F)c1. The highest BCUT2D eigenvalue weighted by molar-refractivity contribution is 6.04. The van der Waals surface area contributed by atoms with Crippen molar-refractivity contribution in [3.05, 3.63) is 90.6 Å². The number of carbonyl (C=O) groups is 1. The van der Waals surface area contributed by atoms with Gasteiger partial charge < -0.3 is 15.6 Å². The quantitative estimate of drug-likeness (QED) is 0.313. The van der Waals surface area contributed by atoms with Crippen molar-refractivity contribution in [1.29, 1.82) is 0 Å². The van der Waals surface area contributed by atoms with Crippen molar-refractivity contribution in [2.45, 2.75) is 6.18 Å². The Balaban J connectivity index is 1.34. The number of fused-ring (bicyclic) bond motifs is 1.